The highest BCUT2D eigenvalue weighted by molar-refractivity contribution is 7.13. The number of benzene rings is 2. The molecule has 2 amide bonds. The van der Waals surface area contributed by atoms with Crippen molar-refractivity contribution in [3.05, 3.63) is 82.9 Å². The summed E-state index contributed by atoms with van der Waals surface area (Å²) < 4.78 is 4.87. The Hall–Kier alpha value is -4.77. The zero-order valence-electron chi connectivity index (χ0n) is 22.6. The number of aliphatic carboxylic acids is 1. The number of nitrogens with one attached hydrogen (secondary N) is 2. The first-order valence-electron chi connectivity index (χ1n) is 12.8. The molecule has 0 bridgehead atoms. The number of aromatic nitrogens is 1. The molecule has 0 saturated carbocycles. The number of aromatic hydroxyl groups is 1. The number of amides is 2. The van der Waals surface area contributed by atoms with Crippen molar-refractivity contribution in [3.63, 3.8) is 0 Å². The zero-order valence-corrected chi connectivity index (χ0v) is 23.4. The lowest BCUT2D eigenvalue weighted by Gasteiger charge is -2.19. The molecule has 4 N–H and O–H groups in total. The average molecular weight is 576 g/mol. The van der Waals surface area contributed by atoms with Gasteiger partial charge in [0.1, 0.15) is 23.5 Å². The van der Waals surface area contributed by atoms with Gasteiger partial charge < -0.3 is 25.6 Å². The van der Waals surface area contributed by atoms with Crippen LogP contribution in [0.25, 0.3) is 21.3 Å². The molecule has 0 aliphatic rings. The summed E-state index contributed by atoms with van der Waals surface area (Å²) in [6, 6.07) is 14.3. The molecule has 2 aromatic heterocycles. The van der Waals surface area contributed by atoms with Gasteiger partial charge in [-0.2, -0.15) is 0 Å². The third-order valence-electron chi connectivity index (χ3n) is 6.48. The first kappa shape index (κ1) is 29.2. The van der Waals surface area contributed by atoms with Crippen molar-refractivity contribution >= 4 is 46.0 Å². The SMILES string of the molecule is COC(=O)C(Cc1ccc(O)cc1)NC(=O)c1cc(C(=O)N[C@H](C(=O)O)C(C)C)c2cc(-c3cccs3)ccc2n1. The number of thiophene rings is 1. The number of fused-ring (bicyclic) bond motifs is 1. The van der Waals surface area contributed by atoms with Crippen LogP contribution in [-0.4, -0.2) is 58.1 Å². The van der Waals surface area contributed by atoms with Crippen molar-refractivity contribution in [1.82, 2.24) is 15.6 Å². The topological polar surface area (TPSA) is 155 Å². The van der Waals surface area contributed by atoms with Crippen LogP contribution in [0.2, 0.25) is 0 Å². The number of carboxylic acid groups (broad SMARTS) is 1. The van der Waals surface area contributed by atoms with Gasteiger partial charge in [-0.15, -0.1) is 11.3 Å². The zero-order chi connectivity index (χ0) is 29.7. The Morgan fingerprint density at radius 2 is 1.71 bits per heavy atom. The van der Waals surface area contributed by atoms with Gasteiger partial charge in [0.15, 0.2) is 0 Å². The average Bonchev–Trinajstić information content (AvgIpc) is 3.50. The number of pyridine rings is 1. The summed E-state index contributed by atoms with van der Waals surface area (Å²) in [7, 11) is 1.20. The van der Waals surface area contributed by atoms with Gasteiger partial charge >= 0.3 is 11.9 Å². The van der Waals surface area contributed by atoms with Crippen LogP contribution in [0.4, 0.5) is 0 Å². The summed E-state index contributed by atoms with van der Waals surface area (Å²) >= 11 is 1.52. The van der Waals surface area contributed by atoms with Crippen molar-refractivity contribution in [1.29, 1.82) is 0 Å². The van der Waals surface area contributed by atoms with Crippen molar-refractivity contribution in [2.24, 2.45) is 5.92 Å². The van der Waals surface area contributed by atoms with Gasteiger partial charge in [0.25, 0.3) is 11.8 Å². The van der Waals surface area contributed by atoms with Gasteiger partial charge in [-0.3, -0.25) is 9.59 Å². The van der Waals surface area contributed by atoms with Crippen LogP contribution in [0.15, 0.2) is 66.0 Å². The van der Waals surface area contributed by atoms with Crippen molar-refractivity contribution in [2.75, 3.05) is 7.11 Å². The monoisotopic (exact) mass is 575 g/mol. The highest BCUT2D eigenvalue weighted by Gasteiger charge is 2.27. The van der Waals surface area contributed by atoms with Gasteiger partial charge in [-0.25, -0.2) is 14.6 Å². The summed E-state index contributed by atoms with van der Waals surface area (Å²) in [6.07, 6.45) is 0.0818. The van der Waals surface area contributed by atoms with E-state index in [1.54, 1.807) is 38.1 Å². The lowest BCUT2D eigenvalue weighted by Crippen LogP contribution is -2.45. The Balaban J connectivity index is 1.73. The van der Waals surface area contributed by atoms with Gasteiger partial charge in [0.2, 0.25) is 0 Å². The molecule has 10 nitrogen and oxygen atoms in total. The molecule has 2 atom stereocenters. The van der Waals surface area contributed by atoms with Crippen LogP contribution in [0.5, 0.6) is 5.75 Å². The minimum atomic E-state index is -1.18. The number of methoxy groups -OCH3 is 1. The Bertz CT molecular complexity index is 1580. The summed E-state index contributed by atoms with van der Waals surface area (Å²) in [5, 5.41) is 26.7. The molecule has 2 heterocycles. The second-order valence-electron chi connectivity index (χ2n) is 9.72. The lowest BCUT2D eigenvalue weighted by atomic mass is 10.0. The van der Waals surface area contributed by atoms with E-state index >= 15 is 0 Å². The van der Waals surface area contributed by atoms with Gasteiger partial charge in [-0.05, 0) is 58.8 Å². The first-order chi connectivity index (χ1) is 19.6. The number of esters is 1. The quantitative estimate of drug-likeness (QED) is 0.207. The van der Waals surface area contributed by atoms with E-state index in [0.717, 1.165) is 10.4 Å². The van der Waals surface area contributed by atoms with E-state index in [2.05, 4.69) is 15.6 Å². The van der Waals surface area contributed by atoms with E-state index in [-0.39, 0.29) is 23.4 Å². The number of hydrogen-bond acceptors (Lipinski definition) is 8. The summed E-state index contributed by atoms with van der Waals surface area (Å²) in [6.45, 7) is 3.36. The van der Waals surface area contributed by atoms with Crippen LogP contribution in [0, 0.1) is 5.92 Å². The van der Waals surface area contributed by atoms with Gasteiger partial charge in [0.05, 0.1) is 18.2 Å². The summed E-state index contributed by atoms with van der Waals surface area (Å²) in [4.78, 5) is 56.6. The third kappa shape index (κ3) is 6.87. The number of carbonyl (C=O) groups excluding carboxylic acids is 3. The Kier molecular flexibility index (Phi) is 8.98. The van der Waals surface area contributed by atoms with E-state index in [1.165, 1.54) is 36.6 Å². The smallest absolute Gasteiger partial charge is 0.328 e. The number of carboxylic acids is 1. The maximum Gasteiger partial charge on any atom is 0.328 e. The molecule has 0 spiro atoms. The largest absolute Gasteiger partial charge is 0.508 e. The highest BCUT2D eigenvalue weighted by atomic mass is 32.1. The number of phenols is 1. The maximum absolute atomic E-state index is 13.5. The van der Waals surface area contributed by atoms with Crippen LogP contribution < -0.4 is 10.6 Å². The van der Waals surface area contributed by atoms with E-state index in [1.807, 2.05) is 23.6 Å². The highest BCUT2D eigenvalue weighted by Crippen LogP contribution is 2.29. The van der Waals surface area contributed by atoms with E-state index in [4.69, 9.17) is 4.74 Å². The molecule has 4 aromatic rings. The normalized spacial score (nSPS) is 12.5. The molecule has 0 radical (unpaired) electrons. The fourth-order valence-electron chi connectivity index (χ4n) is 4.29. The first-order valence-corrected chi connectivity index (χ1v) is 13.6. The van der Waals surface area contributed by atoms with E-state index < -0.39 is 41.8 Å². The van der Waals surface area contributed by atoms with Gasteiger partial charge in [0, 0.05) is 16.7 Å². The second-order valence-corrected chi connectivity index (χ2v) is 10.7. The Morgan fingerprint density at radius 3 is 2.32 bits per heavy atom. The summed E-state index contributed by atoms with van der Waals surface area (Å²) in [5.41, 5.74) is 1.77. The van der Waals surface area contributed by atoms with E-state index in [0.29, 0.717) is 16.5 Å². The third-order valence-corrected chi connectivity index (χ3v) is 7.40. The molecular weight excluding hydrogens is 546 g/mol. The number of rotatable bonds is 10. The van der Waals surface area contributed by atoms with Crippen LogP contribution in [0.1, 0.15) is 40.3 Å². The molecule has 41 heavy (non-hydrogen) atoms. The Labute approximate surface area is 240 Å². The number of nitrogens with zero attached hydrogens (tertiary/aromatic N) is 1. The second kappa shape index (κ2) is 12.6. The number of carbonyl (C=O) groups is 4. The number of hydrogen-bond donors (Lipinski definition) is 4. The fourth-order valence-corrected chi connectivity index (χ4v) is 5.02. The minimum absolute atomic E-state index is 0.0587. The molecule has 11 heteroatoms. The molecule has 212 valence electrons. The lowest BCUT2D eigenvalue weighted by molar-refractivity contribution is -0.143. The van der Waals surface area contributed by atoms with Crippen LogP contribution in [0.3, 0.4) is 0 Å². The Morgan fingerprint density at radius 1 is 0.976 bits per heavy atom. The number of phenolic OH excluding ortho intramolecular Hbond substituents is 1. The van der Waals surface area contributed by atoms with Crippen molar-refractivity contribution < 1.29 is 34.1 Å². The van der Waals surface area contributed by atoms with Crippen LogP contribution in [-0.2, 0) is 20.7 Å². The predicted octanol–water partition coefficient (Wildman–Crippen LogP) is 4.02. The molecule has 1 unspecified atom stereocenters. The number of ether oxygens (including phenoxy) is 1. The molecule has 0 saturated heterocycles. The van der Waals surface area contributed by atoms with E-state index in [9.17, 15) is 29.4 Å². The maximum atomic E-state index is 13.5. The molecule has 2 aromatic carbocycles. The predicted molar refractivity (Wildman–Crippen MR) is 154 cm³/mol. The molecule has 0 aliphatic carbocycles. The molecular formula is C30H29N3O7S. The minimum Gasteiger partial charge on any atom is -0.508 e. The van der Waals surface area contributed by atoms with Gasteiger partial charge in [-0.1, -0.05) is 38.1 Å². The molecule has 0 fully saturated rings. The van der Waals surface area contributed by atoms with Crippen molar-refractivity contribution in [3.8, 4) is 16.2 Å². The molecule has 4 rings (SSSR count). The molecule has 0 aliphatic heterocycles. The van der Waals surface area contributed by atoms with Crippen LogP contribution >= 0.6 is 11.3 Å². The summed E-state index contributed by atoms with van der Waals surface area (Å²) in [5.74, 6) is -3.61. The standard InChI is InChI=1S/C30H29N3O7S/c1-16(2)26(29(37)38)33-27(35)21-15-23(31-22-11-8-18(14-20(21)22)25-5-4-12-41-25)28(36)32-24(30(39)40-3)13-17-6-9-19(34)10-7-17/h4-12,14-16,24,26,34H,13H2,1-3H3,(H,32,36)(H,33,35)(H,37,38)/t24?,26-/m0/s1. The fraction of sp³-hybridized carbons (Fsp3) is 0.233. The van der Waals surface area contributed by atoms with Crippen molar-refractivity contribution in [2.45, 2.75) is 32.4 Å².